The summed E-state index contributed by atoms with van der Waals surface area (Å²) in [5.74, 6) is 7.94. The van der Waals surface area contributed by atoms with E-state index in [-0.39, 0.29) is 30.2 Å². The van der Waals surface area contributed by atoms with Gasteiger partial charge in [0.25, 0.3) is 0 Å². The number of imide groups is 1. The fraction of sp³-hybridized carbons (Fsp3) is 0.296. The minimum Gasteiger partial charge on any atom is -0.534 e. The highest BCUT2D eigenvalue weighted by atomic mass is 16.6. The Labute approximate surface area is 248 Å². The van der Waals surface area contributed by atoms with Crippen molar-refractivity contribution in [1.82, 2.24) is 25.9 Å². The van der Waals surface area contributed by atoms with E-state index in [9.17, 15) is 24.3 Å². The average Bonchev–Trinajstić information content (AvgIpc) is 3.01. The molecule has 2 atom stereocenters. The largest absolute Gasteiger partial charge is 0.549 e. The second-order valence-corrected chi connectivity index (χ2v) is 9.77. The molecule has 1 saturated heterocycles. The average molecular weight is 592 g/mol. The number of piperazine rings is 1. The van der Waals surface area contributed by atoms with Crippen molar-refractivity contribution in [2.75, 3.05) is 26.7 Å². The fourth-order valence-corrected chi connectivity index (χ4v) is 5.01. The number of nitrogens with one attached hydrogen (secondary N) is 3. The van der Waals surface area contributed by atoms with Crippen LogP contribution < -0.4 is 32.4 Å². The molecule has 43 heavy (non-hydrogen) atoms. The van der Waals surface area contributed by atoms with E-state index in [1.807, 2.05) is 0 Å². The van der Waals surface area contributed by atoms with Crippen molar-refractivity contribution < 1.29 is 33.6 Å². The summed E-state index contributed by atoms with van der Waals surface area (Å²) in [7, 11) is 0.526. The number of hydrazine groups is 1. The first kappa shape index (κ1) is 30.9. The molecule has 15 nitrogen and oxygen atoms in total. The number of amides is 4. The Morgan fingerprint density at radius 3 is 2.53 bits per heavy atom. The normalized spacial score (nSPS) is 17.5. The number of hydrogen-bond acceptors (Lipinski definition) is 10. The predicted octanol–water partition coefficient (Wildman–Crippen LogP) is -0.309. The lowest BCUT2D eigenvalue weighted by Gasteiger charge is -2.35. The molecule has 1 fully saturated rings. The number of nitrogens with zero attached hydrogens (tertiary/aromatic N) is 3. The Hall–Kier alpha value is -5.09. The van der Waals surface area contributed by atoms with Crippen molar-refractivity contribution in [2.45, 2.75) is 25.3 Å². The van der Waals surface area contributed by atoms with Crippen molar-refractivity contribution in [3.05, 3.63) is 77.0 Å². The summed E-state index contributed by atoms with van der Waals surface area (Å²) in [5.41, 5.74) is 4.49. The SMILES string of the molecule is C=C(NC1Cc2cccc(C(=O)O)c2OB1OC)C(NC(=O)N1CCN(CC)C(=O)C1=O)c1ccc(/C(=N/N)NN)cc1. The number of para-hydroxylation sites is 1. The zero-order chi connectivity index (χ0) is 31.3. The molecule has 226 valence electrons. The summed E-state index contributed by atoms with van der Waals surface area (Å²) in [6, 6.07) is 9.88. The number of carbonyl (C=O) groups excluding carboxylic acids is 3. The molecule has 2 unspecified atom stereocenters. The second-order valence-electron chi connectivity index (χ2n) is 9.77. The van der Waals surface area contributed by atoms with Crippen molar-refractivity contribution in [1.29, 1.82) is 0 Å². The second kappa shape index (κ2) is 13.3. The zero-order valence-corrected chi connectivity index (χ0v) is 23.7. The van der Waals surface area contributed by atoms with Gasteiger partial charge in [-0.05, 0) is 30.5 Å². The lowest BCUT2D eigenvalue weighted by Crippen LogP contribution is -2.59. The van der Waals surface area contributed by atoms with Gasteiger partial charge in [-0.25, -0.2) is 15.4 Å². The smallest absolute Gasteiger partial charge is 0.534 e. The summed E-state index contributed by atoms with van der Waals surface area (Å²) >= 11 is 0. The van der Waals surface area contributed by atoms with E-state index in [2.05, 4.69) is 27.7 Å². The molecular formula is C27H33BN8O7. The minimum atomic E-state index is -1.13. The van der Waals surface area contributed by atoms with Gasteiger partial charge in [-0.1, -0.05) is 43.0 Å². The van der Waals surface area contributed by atoms with E-state index in [0.717, 1.165) is 4.90 Å². The lowest BCUT2D eigenvalue weighted by molar-refractivity contribution is -0.153. The highest BCUT2D eigenvalue weighted by molar-refractivity contribution is 6.48. The fourth-order valence-electron chi connectivity index (χ4n) is 5.01. The molecule has 8 N–H and O–H groups in total. The summed E-state index contributed by atoms with van der Waals surface area (Å²) in [4.78, 5) is 52.5. The maximum atomic E-state index is 13.4. The van der Waals surface area contributed by atoms with Crippen LogP contribution in [0, 0.1) is 0 Å². The van der Waals surface area contributed by atoms with Gasteiger partial charge in [-0.15, -0.1) is 0 Å². The van der Waals surface area contributed by atoms with Gasteiger partial charge in [0.15, 0.2) is 5.84 Å². The molecular weight excluding hydrogens is 559 g/mol. The quantitative estimate of drug-likeness (QED) is 0.0555. The molecule has 2 aromatic carbocycles. The van der Waals surface area contributed by atoms with Crippen LogP contribution in [0.3, 0.4) is 0 Å². The third-order valence-corrected chi connectivity index (χ3v) is 7.27. The number of carboxylic acids is 1. The number of rotatable bonds is 9. The van der Waals surface area contributed by atoms with Gasteiger partial charge in [0, 0.05) is 38.0 Å². The summed E-state index contributed by atoms with van der Waals surface area (Å²) in [6.45, 7) is 6.50. The number of carbonyl (C=O) groups is 4. The van der Waals surface area contributed by atoms with E-state index in [1.165, 1.54) is 18.1 Å². The molecule has 0 saturated carbocycles. The summed E-state index contributed by atoms with van der Waals surface area (Å²) in [6.07, 6.45) is 0.318. The molecule has 0 radical (unpaired) electrons. The van der Waals surface area contributed by atoms with Gasteiger partial charge < -0.3 is 41.2 Å². The Kier molecular flexibility index (Phi) is 9.52. The number of fused-ring (bicyclic) bond motifs is 1. The maximum absolute atomic E-state index is 13.4. The molecule has 2 aromatic rings. The first-order valence-electron chi connectivity index (χ1n) is 13.4. The van der Waals surface area contributed by atoms with Crippen LogP contribution in [0.15, 0.2) is 59.8 Å². The van der Waals surface area contributed by atoms with Gasteiger partial charge in [-0.2, -0.15) is 5.10 Å². The maximum Gasteiger partial charge on any atom is 0.549 e. The number of aromatic carboxylic acids is 1. The van der Waals surface area contributed by atoms with Gasteiger partial charge >= 0.3 is 30.9 Å². The first-order chi connectivity index (χ1) is 20.6. The van der Waals surface area contributed by atoms with Gasteiger partial charge in [0.2, 0.25) is 0 Å². The van der Waals surface area contributed by atoms with E-state index >= 15 is 0 Å². The molecule has 0 aliphatic carbocycles. The molecule has 0 aromatic heterocycles. The topological polar surface area (TPSA) is 214 Å². The monoisotopic (exact) mass is 592 g/mol. The zero-order valence-electron chi connectivity index (χ0n) is 23.7. The minimum absolute atomic E-state index is 0.0109. The van der Waals surface area contributed by atoms with E-state index < -0.39 is 42.9 Å². The van der Waals surface area contributed by atoms with Crippen LogP contribution >= 0.6 is 0 Å². The number of benzene rings is 2. The number of nitrogens with two attached hydrogens (primary N) is 2. The van der Waals surface area contributed by atoms with Crippen molar-refractivity contribution in [3.63, 3.8) is 0 Å². The highest BCUT2D eigenvalue weighted by Gasteiger charge is 2.40. The van der Waals surface area contributed by atoms with Crippen LogP contribution in [-0.2, 0) is 20.7 Å². The number of hydrazone groups is 1. The van der Waals surface area contributed by atoms with Crippen LogP contribution in [-0.4, -0.2) is 84.4 Å². The van der Waals surface area contributed by atoms with Crippen LogP contribution in [0.5, 0.6) is 5.75 Å². The van der Waals surface area contributed by atoms with Crippen molar-refractivity contribution in [2.24, 2.45) is 16.8 Å². The standard InChI is InChI=1S/C27H33BN8O7/c1-4-35-12-13-36(25(38)24(35)37)27(41)32-21(16-8-10-17(11-9-16)23(33-29)34-30)15(2)31-20-14-18-6-5-7-19(26(39)40)22(18)43-28(20)42-3/h5-11,20-21,31H,2,4,12-14,29-30H2,1,3H3,(H,32,41)(H,33,34)(H,39,40). The van der Waals surface area contributed by atoms with Crippen LogP contribution in [0.25, 0.3) is 0 Å². The van der Waals surface area contributed by atoms with Crippen LogP contribution in [0.1, 0.15) is 40.0 Å². The van der Waals surface area contributed by atoms with E-state index in [0.29, 0.717) is 35.4 Å². The molecule has 4 rings (SSSR count). The molecule has 16 heteroatoms. The first-order valence-corrected chi connectivity index (χ1v) is 13.4. The summed E-state index contributed by atoms with van der Waals surface area (Å²) < 4.78 is 11.5. The van der Waals surface area contributed by atoms with E-state index in [4.69, 9.17) is 21.0 Å². The molecule has 2 heterocycles. The number of likely N-dealkylation sites (N-methyl/N-ethyl adjacent to an activating group) is 1. The number of carboxylic acid groups (broad SMARTS) is 1. The Morgan fingerprint density at radius 2 is 1.93 bits per heavy atom. The highest BCUT2D eigenvalue weighted by Crippen LogP contribution is 2.32. The van der Waals surface area contributed by atoms with Crippen molar-refractivity contribution >= 4 is 36.8 Å². The van der Waals surface area contributed by atoms with Gasteiger partial charge in [0.1, 0.15) is 5.75 Å². The molecule has 4 amide bonds. The molecule has 0 spiro atoms. The number of hydrogen-bond donors (Lipinski definition) is 6. The van der Waals surface area contributed by atoms with Crippen LogP contribution in [0.2, 0.25) is 0 Å². The van der Waals surface area contributed by atoms with Gasteiger partial charge in [0.05, 0.1) is 17.5 Å². The van der Waals surface area contributed by atoms with E-state index in [1.54, 1.807) is 43.3 Å². The Balaban J connectivity index is 1.61. The van der Waals surface area contributed by atoms with Crippen molar-refractivity contribution in [3.8, 4) is 5.75 Å². The summed E-state index contributed by atoms with van der Waals surface area (Å²) in [5, 5.41) is 19.2. The predicted molar refractivity (Wildman–Crippen MR) is 156 cm³/mol. The Bertz CT molecular complexity index is 1450. The molecule has 2 aliphatic heterocycles. The van der Waals surface area contributed by atoms with Gasteiger partial charge in [-0.3, -0.25) is 14.5 Å². The lowest BCUT2D eigenvalue weighted by atomic mass is 9.71. The molecule has 0 bridgehead atoms. The number of amidine groups is 1. The third kappa shape index (κ3) is 6.39. The van der Waals surface area contributed by atoms with Crippen LogP contribution in [0.4, 0.5) is 4.79 Å². The third-order valence-electron chi connectivity index (χ3n) is 7.27. The number of urea groups is 1. The Morgan fingerprint density at radius 1 is 1.21 bits per heavy atom. The molecule has 2 aliphatic rings.